The molecule has 1 fully saturated rings. The summed E-state index contributed by atoms with van der Waals surface area (Å²) in [5, 5.41) is 7.63. The predicted octanol–water partition coefficient (Wildman–Crippen LogP) is 3.03. The molecule has 30 heavy (non-hydrogen) atoms. The average molecular weight is 442 g/mol. The number of hydrogen-bond acceptors (Lipinski definition) is 8. The van der Waals surface area contributed by atoms with E-state index in [-0.39, 0.29) is 11.6 Å². The molecule has 1 saturated heterocycles. The zero-order chi connectivity index (χ0) is 20.5. The summed E-state index contributed by atoms with van der Waals surface area (Å²) in [6.07, 6.45) is 3.90. The molecule has 1 aromatic carbocycles. The minimum atomic E-state index is -0.0589. The zero-order valence-electron chi connectivity index (χ0n) is 16.1. The van der Waals surface area contributed by atoms with Gasteiger partial charge in [-0.15, -0.1) is 11.3 Å². The van der Waals surface area contributed by atoms with Crippen LogP contribution in [0.3, 0.4) is 0 Å². The van der Waals surface area contributed by atoms with E-state index in [1.54, 1.807) is 11.6 Å². The molecule has 4 aromatic rings. The molecular formula is C20H20ClN7OS. The second-order valence-electron chi connectivity index (χ2n) is 7.22. The molecule has 3 aromatic heterocycles. The largest absolute Gasteiger partial charge is 0.368 e. The maximum absolute atomic E-state index is 13.4. The molecule has 10 heteroatoms. The molecule has 154 valence electrons. The number of fused-ring (bicyclic) bond motifs is 2. The highest BCUT2D eigenvalue weighted by Crippen LogP contribution is 2.24. The van der Waals surface area contributed by atoms with Gasteiger partial charge in [0.05, 0.1) is 21.4 Å². The first-order valence-corrected chi connectivity index (χ1v) is 11.2. The lowest BCUT2D eigenvalue weighted by molar-refractivity contribution is 0.351. The molecule has 0 unspecified atom stereocenters. The van der Waals surface area contributed by atoms with E-state index in [4.69, 9.17) is 16.6 Å². The van der Waals surface area contributed by atoms with Crippen molar-refractivity contribution in [1.82, 2.24) is 29.8 Å². The molecule has 0 spiro atoms. The first-order valence-electron chi connectivity index (χ1n) is 9.91. The normalized spacial score (nSPS) is 15.1. The van der Waals surface area contributed by atoms with Crippen LogP contribution in [0.15, 0.2) is 34.8 Å². The Labute approximate surface area is 181 Å². The third-order valence-electron chi connectivity index (χ3n) is 5.40. The third-order valence-corrected chi connectivity index (χ3v) is 6.45. The number of rotatable bonds is 5. The fourth-order valence-corrected chi connectivity index (χ4v) is 4.86. The highest BCUT2D eigenvalue weighted by Gasteiger charge is 2.22. The fraction of sp³-hybridized carbons (Fsp3) is 0.350. The van der Waals surface area contributed by atoms with Crippen LogP contribution in [0.2, 0.25) is 5.02 Å². The summed E-state index contributed by atoms with van der Waals surface area (Å²) in [7, 11) is 0. The second-order valence-corrected chi connectivity index (χ2v) is 8.46. The number of benzene rings is 1. The molecule has 5 rings (SSSR count). The molecule has 0 bridgehead atoms. The van der Waals surface area contributed by atoms with Gasteiger partial charge >= 0.3 is 0 Å². The topological polar surface area (TPSA) is 97.6 Å². The average Bonchev–Trinajstić information content (AvgIpc) is 3.24. The number of nitrogens with one attached hydrogen (secondary N) is 2. The number of aromatic nitrogens is 5. The molecule has 1 aliphatic rings. The van der Waals surface area contributed by atoms with Gasteiger partial charge in [0.15, 0.2) is 5.82 Å². The molecule has 4 heterocycles. The molecule has 8 nitrogen and oxygen atoms in total. The molecular weight excluding hydrogens is 422 g/mol. The number of halogens is 1. The van der Waals surface area contributed by atoms with Crippen molar-refractivity contribution >= 4 is 50.0 Å². The van der Waals surface area contributed by atoms with E-state index in [0.717, 1.165) is 42.1 Å². The van der Waals surface area contributed by atoms with E-state index in [1.165, 1.54) is 17.7 Å². The number of piperidine rings is 1. The standard InChI is InChI=1S/C20H20ClN7OS/c21-13-2-1-3-14-16(13)20(29)28(12-4-7-22-8-5-12)15(27-14)6-9-23-18-17-19(25-10-24-18)30-11-26-17/h1-3,10-12,22H,4-9H2,(H,23,24,25). The number of anilines is 1. The fourth-order valence-electron chi connectivity index (χ4n) is 3.98. The van der Waals surface area contributed by atoms with Crippen LogP contribution >= 0.6 is 22.9 Å². The second kappa shape index (κ2) is 8.25. The van der Waals surface area contributed by atoms with Crippen LogP contribution < -0.4 is 16.2 Å². The third kappa shape index (κ3) is 3.53. The van der Waals surface area contributed by atoms with Gasteiger partial charge in [0.2, 0.25) is 0 Å². The Hall–Kier alpha value is -2.62. The molecule has 0 aliphatic carbocycles. The van der Waals surface area contributed by atoms with E-state index >= 15 is 0 Å². The van der Waals surface area contributed by atoms with Gasteiger partial charge < -0.3 is 10.6 Å². The summed E-state index contributed by atoms with van der Waals surface area (Å²) >= 11 is 7.84. The Morgan fingerprint density at radius 3 is 2.97 bits per heavy atom. The molecule has 0 saturated carbocycles. The maximum atomic E-state index is 13.4. The lowest BCUT2D eigenvalue weighted by Gasteiger charge is -2.27. The van der Waals surface area contributed by atoms with Crippen molar-refractivity contribution in [3.8, 4) is 0 Å². The molecule has 1 aliphatic heterocycles. The quantitative estimate of drug-likeness (QED) is 0.491. The lowest BCUT2D eigenvalue weighted by Crippen LogP contribution is -2.37. The molecule has 0 radical (unpaired) electrons. The Morgan fingerprint density at radius 2 is 2.10 bits per heavy atom. The summed E-state index contributed by atoms with van der Waals surface area (Å²) in [5.41, 5.74) is 3.10. The van der Waals surface area contributed by atoms with Gasteiger partial charge in [0, 0.05) is 19.0 Å². The Morgan fingerprint density at radius 1 is 1.23 bits per heavy atom. The first kappa shape index (κ1) is 19.3. The number of hydrogen-bond donors (Lipinski definition) is 2. The van der Waals surface area contributed by atoms with Gasteiger partial charge in [-0.3, -0.25) is 9.36 Å². The minimum absolute atomic E-state index is 0.0589. The summed E-state index contributed by atoms with van der Waals surface area (Å²) in [4.78, 5) is 32.0. The number of nitrogens with zero attached hydrogens (tertiary/aromatic N) is 5. The Balaban J connectivity index is 1.49. The van der Waals surface area contributed by atoms with Gasteiger partial charge in [0.25, 0.3) is 5.56 Å². The van der Waals surface area contributed by atoms with Crippen molar-refractivity contribution in [3.05, 3.63) is 51.2 Å². The van der Waals surface area contributed by atoms with E-state index in [9.17, 15) is 4.79 Å². The zero-order valence-corrected chi connectivity index (χ0v) is 17.7. The van der Waals surface area contributed by atoms with Crippen LogP contribution in [-0.2, 0) is 6.42 Å². The van der Waals surface area contributed by atoms with Crippen LogP contribution in [-0.4, -0.2) is 44.1 Å². The minimum Gasteiger partial charge on any atom is -0.368 e. The maximum Gasteiger partial charge on any atom is 0.263 e. The van der Waals surface area contributed by atoms with Crippen LogP contribution in [0.5, 0.6) is 0 Å². The van der Waals surface area contributed by atoms with Crippen molar-refractivity contribution in [1.29, 1.82) is 0 Å². The van der Waals surface area contributed by atoms with E-state index in [2.05, 4.69) is 25.6 Å². The van der Waals surface area contributed by atoms with E-state index < -0.39 is 0 Å². The van der Waals surface area contributed by atoms with Crippen molar-refractivity contribution in [2.75, 3.05) is 25.0 Å². The monoisotopic (exact) mass is 441 g/mol. The van der Waals surface area contributed by atoms with Crippen molar-refractivity contribution < 1.29 is 0 Å². The van der Waals surface area contributed by atoms with Gasteiger partial charge in [-0.1, -0.05) is 17.7 Å². The van der Waals surface area contributed by atoms with Gasteiger partial charge in [-0.2, -0.15) is 0 Å². The van der Waals surface area contributed by atoms with Crippen molar-refractivity contribution in [2.24, 2.45) is 0 Å². The summed E-state index contributed by atoms with van der Waals surface area (Å²) < 4.78 is 1.86. The Kier molecular flexibility index (Phi) is 5.32. The summed E-state index contributed by atoms with van der Waals surface area (Å²) in [6, 6.07) is 5.53. The molecule has 0 atom stereocenters. The van der Waals surface area contributed by atoms with Crippen molar-refractivity contribution in [2.45, 2.75) is 25.3 Å². The predicted molar refractivity (Wildman–Crippen MR) is 120 cm³/mol. The highest BCUT2D eigenvalue weighted by atomic mass is 35.5. The lowest BCUT2D eigenvalue weighted by atomic mass is 10.1. The van der Waals surface area contributed by atoms with Crippen LogP contribution in [0.4, 0.5) is 5.82 Å². The summed E-state index contributed by atoms with van der Waals surface area (Å²) in [6.45, 7) is 2.35. The van der Waals surface area contributed by atoms with Crippen LogP contribution in [0, 0.1) is 0 Å². The first-order chi connectivity index (χ1) is 14.7. The van der Waals surface area contributed by atoms with Gasteiger partial charge in [-0.25, -0.2) is 19.9 Å². The van der Waals surface area contributed by atoms with E-state index in [1.807, 2.05) is 16.7 Å². The SMILES string of the molecule is O=c1c2c(Cl)cccc2nc(CCNc2ncnc3scnc23)n1C1CCNCC1. The number of thiazole rings is 1. The highest BCUT2D eigenvalue weighted by molar-refractivity contribution is 7.16. The summed E-state index contributed by atoms with van der Waals surface area (Å²) in [5.74, 6) is 1.46. The van der Waals surface area contributed by atoms with Gasteiger partial charge in [-0.05, 0) is 38.1 Å². The van der Waals surface area contributed by atoms with Gasteiger partial charge in [0.1, 0.15) is 22.5 Å². The molecule has 0 amide bonds. The van der Waals surface area contributed by atoms with Crippen LogP contribution in [0.1, 0.15) is 24.7 Å². The molecule has 2 N–H and O–H groups in total. The van der Waals surface area contributed by atoms with Crippen LogP contribution in [0.25, 0.3) is 21.3 Å². The van der Waals surface area contributed by atoms with E-state index in [0.29, 0.717) is 34.7 Å². The van der Waals surface area contributed by atoms with Crippen molar-refractivity contribution in [3.63, 3.8) is 0 Å². The smallest absolute Gasteiger partial charge is 0.263 e. The Bertz CT molecular complexity index is 1270.